The van der Waals surface area contributed by atoms with Crippen molar-refractivity contribution in [1.29, 1.82) is 0 Å². The SMILES string of the molecule is c1ccc(-c2cc(-c3cccc(-c4ccc(Nc5ccc(N(c6ccccc6)c6ccccc6)cc5)cc4)c3)ccc2Nc2ccc(-c3cccc4ccccc34)cc2)cc1. The van der Waals surface area contributed by atoms with Gasteiger partial charge in [-0.25, -0.2) is 0 Å². The summed E-state index contributed by atoms with van der Waals surface area (Å²) < 4.78 is 0. The number of benzene rings is 10. The number of nitrogens with one attached hydrogen (secondary N) is 2. The summed E-state index contributed by atoms with van der Waals surface area (Å²) in [5.41, 5.74) is 16.9. The number of rotatable bonds is 11. The van der Waals surface area contributed by atoms with Gasteiger partial charge in [-0.3, -0.25) is 0 Å². The summed E-state index contributed by atoms with van der Waals surface area (Å²) in [5, 5.41) is 9.85. The van der Waals surface area contributed by atoms with Crippen molar-refractivity contribution in [2.75, 3.05) is 15.5 Å². The molecule has 0 aliphatic heterocycles. The Labute approximate surface area is 357 Å². The molecule has 0 unspecified atom stereocenters. The van der Waals surface area contributed by atoms with Crippen LogP contribution in [0.5, 0.6) is 0 Å². The van der Waals surface area contributed by atoms with Crippen LogP contribution in [0, 0.1) is 0 Å². The van der Waals surface area contributed by atoms with Crippen molar-refractivity contribution in [3.05, 3.63) is 249 Å². The second-order valence-electron chi connectivity index (χ2n) is 15.2. The topological polar surface area (TPSA) is 27.3 Å². The zero-order chi connectivity index (χ0) is 40.8. The van der Waals surface area contributed by atoms with Crippen LogP contribution in [0.2, 0.25) is 0 Å². The van der Waals surface area contributed by atoms with E-state index in [0.717, 1.165) is 62.1 Å². The minimum Gasteiger partial charge on any atom is -0.356 e. The molecule has 0 spiro atoms. The lowest BCUT2D eigenvalue weighted by molar-refractivity contribution is 1.28. The van der Waals surface area contributed by atoms with Gasteiger partial charge >= 0.3 is 0 Å². The average Bonchev–Trinajstić information content (AvgIpc) is 3.34. The third kappa shape index (κ3) is 8.14. The van der Waals surface area contributed by atoms with Gasteiger partial charge in [0.2, 0.25) is 0 Å². The van der Waals surface area contributed by atoms with Crippen LogP contribution < -0.4 is 15.5 Å². The Balaban J connectivity index is 0.868. The molecule has 2 N–H and O–H groups in total. The third-order valence-electron chi connectivity index (χ3n) is 11.2. The molecule has 0 fully saturated rings. The van der Waals surface area contributed by atoms with Crippen molar-refractivity contribution >= 4 is 50.6 Å². The van der Waals surface area contributed by atoms with Crippen molar-refractivity contribution in [3.63, 3.8) is 0 Å². The van der Waals surface area contributed by atoms with Gasteiger partial charge in [-0.1, -0.05) is 158 Å². The Bertz CT molecular complexity index is 2990. The van der Waals surface area contributed by atoms with Crippen molar-refractivity contribution < 1.29 is 0 Å². The minimum absolute atomic E-state index is 1.03. The van der Waals surface area contributed by atoms with E-state index in [0.29, 0.717) is 0 Å². The van der Waals surface area contributed by atoms with E-state index in [1.165, 1.54) is 33.0 Å². The van der Waals surface area contributed by atoms with Gasteiger partial charge in [-0.15, -0.1) is 0 Å². The zero-order valence-electron chi connectivity index (χ0n) is 33.6. The van der Waals surface area contributed by atoms with Gasteiger partial charge in [-0.05, 0) is 141 Å². The standard InChI is InChI=1S/C58H43N3/c1-4-14-44(15-5-1)57-41-48(30-39-58(57)60-51-33-28-45(29-34-51)56-25-13-17-43-16-10-11-24-55(43)56)47-19-12-18-46(40-47)42-26-31-49(32-27-42)59-50-35-37-54(38-36-50)61(52-20-6-2-7-21-52)53-22-8-3-9-23-53/h1-41,59-60H. The average molecular weight is 782 g/mol. The monoisotopic (exact) mass is 781 g/mol. The van der Waals surface area contributed by atoms with Crippen molar-refractivity contribution in [2.45, 2.75) is 0 Å². The number of fused-ring (bicyclic) bond motifs is 1. The van der Waals surface area contributed by atoms with E-state index < -0.39 is 0 Å². The molecule has 10 rings (SSSR count). The lowest BCUT2D eigenvalue weighted by Gasteiger charge is -2.25. The first-order valence-corrected chi connectivity index (χ1v) is 20.7. The molecule has 0 saturated heterocycles. The molecule has 10 aromatic carbocycles. The molecule has 10 aromatic rings. The van der Waals surface area contributed by atoms with E-state index in [1.54, 1.807) is 0 Å². The van der Waals surface area contributed by atoms with E-state index in [2.05, 4.69) is 264 Å². The van der Waals surface area contributed by atoms with Crippen molar-refractivity contribution in [2.24, 2.45) is 0 Å². The van der Waals surface area contributed by atoms with Crippen molar-refractivity contribution in [3.8, 4) is 44.5 Å². The molecule has 3 nitrogen and oxygen atoms in total. The van der Waals surface area contributed by atoms with Gasteiger partial charge in [0.25, 0.3) is 0 Å². The van der Waals surface area contributed by atoms with E-state index >= 15 is 0 Å². The molecule has 0 bridgehead atoms. The molecule has 61 heavy (non-hydrogen) atoms. The Morgan fingerprint density at radius 2 is 0.705 bits per heavy atom. The first-order valence-electron chi connectivity index (χ1n) is 20.7. The van der Waals surface area contributed by atoms with E-state index in [9.17, 15) is 0 Å². The van der Waals surface area contributed by atoms with Crippen LogP contribution in [0.3, 0.4) is 0 Å². The Kier molecular flexibility index (Phi) is 10.3. The summed E-state index contributed by atoms with van der Waals surface area (Å²) in [6, 6.07) is 88.3. The van der Waals surface area contributed by atoms with Crippen LogP contribution in [0.1, 0.15) is 0 Å². The summed E-state index contributed by atoms with van der Waals surface area (Å²) >= 11 is 0. The van der Waals surface area contributed by atoms with Gasteiger partial charge < -0.3 is 15.5 Å². The van der Waals surface area contributed by atoms with Crippen LogP contribution in [0.25, 0.3) is 55.3 Å². The molecule has 0 aromatic heterocycles. The highest BCUT2D eigenvalue weighted by atomic mass is 15.1. The second kappa shape index (κ2) is 17.0. The molecule has 0 amide bonds. The quantitative estimate of drug-likeness (QED) is 0.137. The molecule has 0 heterocycles. The molecule has 3 heteroatoms. The van der Waals surface area contributed by atoms with Gasteiger partial charge in [-0.2, -0.15) is 0 Å². The molecular weight excluding hydrogens is 739 g/mol. The predicted molar refractivity (Wildman–Crippen MR) is 260 cm³/mol. The summed E-state index contributed by atoms with van der Waals surface area (Å²) in [7, 11) is 0. The maximum Gasteiger partial charge on any atom is 0.0464 e. The highest BCUT2D eigenvalue weighted by Gasteiger charge is 2.13. The zero-order valence-corrected chi connectivity index (χ0v) is 33.6. The summed E-state index contributed by atoms with van der Waals surface area (Å²) in [4.78, 5) is 2.27. The molecule has 0 radical (unpaired) electrons. The number of hydrogen-bond donors (Lipinski definition) is 2. The third-order valence-corrected chi connectivity index (χ3v) is 11.2. The molecule has 0 aliphatic rings. The Morgan fingerprint density at radius 1 is 0.262 bits per heavy atom. The van der Waals surface area contributed by atoms with Crippen LogP contribution >= 0.6 is 0 Å². The van der Waals surface area contributed by atoms with Crippen LogP contribution in [-0.2, 0) is 0 Å². The van der Waals surface area contributed by atoms with E-state index in [1.807, 2.05) is 0 Å². The summed E-state index contributed by atoms with van der Waals surface area (Å²) in [6.07, 6.45) is 0. The van der Waals surface area contributed by atoms with Gasteiger partial charge in [0, 0.05) is 45.4 Å². The fraction of sp³-hybridized carbons (Fsp3) is 0. The van der Waals surface area contributed by atoms with Crippen LogP contribution in [0.4, 0.5) is 39.8 Å². The van der Waals surface area contributed by atoms with Crippen molar-refractivity contribution in [1.82, 2.24) is 0 Å². The van der Waals surface area contributed by atoms with Crippen LogP contribution in [-0.4, -0.2) is 0 Å². The molecule has 0 atom stereocenters. The summed E-state index contributed by atoms with van der Waals surface area (Å²) in [6.45, 7) is 0. The fourth-order valence-corrected chi connectivity index (χ4v) is 8.14. The van der Waals surface area contributed by atoms with Gasteiger partial charge in [0.15, 0.2) is 0 Å². The molecule has 0 aliphatic carbocycles. The smallest absolute Gasteiger partial charge is 0.0464 e. The normalized spacial score (nSPS) is 11.0. The van der Waals surface area contributed by atoms with Crippen LogP contribution in [0.15, 0.2) is 249 Å². The first kappa shape index (κ1) is 37.2. The largest absolute Gasteiger partial charge is 0.356 e. The minimum atomic E-state index is 1.03. The highest BCUT2D eigenvalue weighted by Crippen LogP contribution is 2.38. The maximum absolute atomic E-state index is 3.74. The lowest BCUT2D eigenvalue weighted by atomic mass is 9.95. The fourth-order valence-electron chi connectivity index (χ4n) is 8.14. The number of hydrogen-bond acceptors (Lipinski definition) is 3. The van der Waals surface area contributed by atoms with Gasteiger partial charge in [0.1, 0.15) is 0 Å². The maximum atomic E-state index is 3.74. The number of para-hydroxylation sites is 2. The number of nitrogens with zero attached hydrogens (tertiary/aromatic N) is 1. The van der Waals surface area contributed by atoms with Gasteiger partial charge in [0.05, 0.1) is 0 Å². The molecule has 0 saturated carbocycles. The lowest BCUT2D eigenvalue weighted by Crippen LogP contribution is -2.09. The predicted octanol–water partition coefficient (Wildman–Crippen LogP) is 16.5. The highest BCUT2D eigenvalue weighted by molar-refractivity contribution is 5.97. The Hall–Kier alpha value is -8.14. The first-order chi connectivity index (χ1) is 30.2. The van der Waals surface area contributed by atoms with E-state index in [4.69, 9.17) is 0 Å². The second-order valence-corrected chi connectivity index (χ2v) is 15.2. The molecular formula is C58H43N3. The van der Waals surface area contributed by atoms with E-state index in [-0.39, 0.29) is 0 Å². The number of anilines is 7. The molecule has 290 valence electrons. The Morgan fingerprint density at radius 3 is 1.38 bits per heavy atom. The summed E-state index contributed by atoms with van der Waals surface area (Å²) in [5.74, 6) is 0.